The third kappa shape index (κ3) is 14.9. The average molecular weight is 334 g/mol. The minimum Gasteiger partial charge on any atom is -0.222 e. The summed E-state index contributed by atoms with van der Waals surface area (Å²) in [6.45, 7) is 0. The van der Waals surface area contributed by atoms with Crippen molar-refractivity contribution in [1.29, 1.82) is 0 Å². The summed E-state index contributed by atoms with van der Waals surface area (Å²) in [6.07, 6.45) is 6.89. The van der Waals surface area contributed by atoms with E-state index < -0.39 is 10.2 Å². The molecule has 14 heavy (non-hydrogen) atoms. The summed E-state index contributed by atoms with van der Waals surface area (Å²) >= 11 is 4.91. The van der Waals surface area contributed by atoms with Crippen molar-refractivity contribution in [3.05, 3.63) is 12.3 Å². The molecule has 0 atom stereocenters. The molecule has 1 aliphatic rings. The Morgan fingerprint density at radius 2 is 1.79 bits per heavy atom. The van der Waals surface area contributed by atoms with Gasteiger partial charge in [-0.15, -0.1) is 10.2 Å². The monoisotopic (exact) mass is 332 g/mol. The Morgan fingerprint density at radius 3 is 2.00 bits per heavy atom. The molecule has 0 aromatic carbocycles. The van der Waals surface area contributed by atoms with E-state index in [2.05, 4.69) is 6.21 Å². The molecule has 8 heteroatoms. The smallest absolute Gasteiger partial charge is 0.169 e. The number of thiocarbonyl (C=S) groups is 1. The van der Waals surface area contributed by atoms with Gasteiger partial charge < -0.3 is 0 Å². The van der Waals surface area contributed by atoms with Gasteiger partial charge in [-0.05, 0) is 0 Å². The molecule has 0 fully saturated rings. The third-order valence-electron chi connectivity index (χ3n) is 1.08. The maximum absolute atomic E-state index is 8.49. The predicted octanol–water partition coefficient (Wildman–Crippen LogP) is -3.77. The van der Waals surface area contributed by atoms with Crippen molar-refractivity contribution < 1.29 is 55.8 Å². The summed E-state index contributed by atoms with van der Waals surface area (Å²) in [4.78, 5) is 1.02. The van der Waals surface area contributed by atoms with Crippen LogP contribution in [0.25, 0.3) is 0 Å². The van der Waals surface area contributed by atoms with Crippen molar-refractivity contribution in [2.75, 3.05) is 7.05 Å². The van der Waals surface area contributed by atoms with Gasteiger partial charge in [0.2, 0.25) is 0 Å². The first-order valence-electron chi connectivity index (χ1n) is 3.17. The molecule has 0 saturated carbocycles. The minimum absolute atomic E-state index is 0. The first-order chi connectivity index (χ1) is 5.79. The fourth-order valence-corrected chi connectivity index (χ4v) is 0.699. The Bertz CT molecular complexity index is 242. The second-order valence-corrected chi connectivity index (χ2v) is 3.49. The zero-order valence-electron chi connectivity index (χ0n) is 7.11. The summed E-state index contributed by atoms with van der Waals surface area (Å²) < 4.78 is 36.0. The van der Waals surface area contributed by atoms with Crippen LogP contribution in [0.15, 0.2) is 12.3 Å². The Morgan fingerprint density at radius 1 is 1.36 bits per heavy atom. The molecular formula is C6H8AgClNO4S. The van der Waals surface area contributed by atoms with Gasteiger partial charge in [0.1, 0.15) is 13.3 Å². The molecule has 0 unspecified atom stereocenters. The third-order valence-corrected chi connectivity index (χ3v) is 1.38. The largest absolute Gasteiger partial charge is 0.222 e. The molecular weight excluding hydrogens is 325 g/mol. The Balaban J connectivity index is 0. The topological polar surface area (TPSA) is 95.2 Å². The van der Waals surface area contributed by atoms with Gasteiger partial charge in [0.15, 0.2) is 6.20 Å². The van der Waals surface area contributed by atoms with Gasteiger partial charge in [-0.25, -0.2) is 23.2 Å². The molecule has 0 amide bonds. The van der Waals surface area contributed by atoms with E-state index in [0.717, 1.165) is 11.3 Å². The number of hydrogen-bond acceptors (Lipinski definition) is 5. The maximum Gasteiger partial charge on any atom is 0.169 e. The molecule has 0 bridgehead atoms. The molecule has 5 nitrogen and oxygen atoms in total. The first kappa shape index (κ1) is 16.8. The molecule has 0 N–H and O–H groups in total. The van der Waals surface area contributed by atoms with Crippen LogP contribution in [-0.4, -0.2) is 22.7 Å². The van der Waals surface area contributed by atoms with Crippen molar-refractivity contribution in [3.63, 3.8) is 0 Å². The van der Waals surface area contributed by atoms with Crippen LogP contribution in [0.2, 0.25) is 0 Å². The fourth-order valence-electron chi connectivity index (χ4n) is 0.564. The Hall–Kier alpha value is 0.370. The van der Waals surface area contributed by atoms with Gasteiger partial charge in [0.05, 0.1) is 6.42 Å². The van der Waals surface area contributed by atoms with Crippen LogP contribution in [0, 0.1) is 10.2 Å². The quantitative estimate of drug-likeness (QED) is 0.258. The van der Waals surface area contributed by atoms with Crippen LogP contribution in [0.3, 0.4) is 0 Å². The second-order valence-electron chi connectivity index (χ2n) is 2.21. The molecule has 85 valence electrons. The first-order valence-corrected chi connectivity index (χ1v) is 4.81. The predicted molar refractivity (Wildman–Crippen MR) is 38.6 cm³/mol. The van der Waals surface area contributed by atoms with E-state index in [-0.39, 0.29) is 22.4 Å². The minimum atomic E-state index is -4.94. The SMILES string of the molecule is C[N+]1=CCC(=S)C=C1.[Ag].[O-][Cl+3]([O-])([O-])[O-]. The number of rotatable bonds is 0. The van der Waals surface area contributed by atoms with Crippen LogP contribution in [0.1, 0.15) is 6.42 Å². The van der Waals surface area contributed by atoms with Gasteiger partial charge >= 0.3 is 0 Å². The summed E-state index contributed by atoms with van der Waals surface area (Å²) in [5.41, 5.74) is 0. The van der Waals surface area contributed by atoms with E-state index in [1.165, 1.54) is 0 Å². The van der Waals surface area contributed by atoms with Crippen molar-refractivity contribution in [2.45, 2.75) is 6.42 Å². The summed E-state index contributed by atoms with van der Waals surface area (Å²) in [6, 6.07) is 0. The van der Waals surface area contributed by atoms with Gasteiger partial charge in [-0.2, -0.15) is 0 Å². The molecule has 1 aliphatic heterocycles. The van der Waals surface area contributed by atoms with Crippen LogP contribution in [0.5, 0.6) is 0 Å². The van der Waals surface area contributed by atoms with Gasteiger partial charge in [-0.3, -0.25) is 0 Å². The fraction of sp³-hybridized carbons (Fsp3) is 0.333. The van der Waals surface area contributed by atoms with Crippen molar-refractivity contribution >= 4 is 23.3 Å². The standard InChI is InChI=1S/C6H8NS.Ag.ClHO4/c1-7-4-2-6(8)3-5-7;;2-1(3,4)5/h2,4-5H,3H2,1H3;;(H,2,3,4,5)/q+1;;/p-1. The van der Waals surface area contributed by atoms with E-state index in [4.69, 9.17) is 30.9 Å². The molecule has 1 heterocycles. The van der Waals surface area contributed by atoms with E-state index in [9.17, 15) is 0 Å². The van der Waals surface area contributed by atoms with E-state index in [1.807, 2.05) is 23.9 Å². The molecule has 0 saturated heterocycles. The Labute approximate surface area is 105 Å². The molecule has 0 aliphatic carbocycles. The van der Waals surface area contributed by atoms with Crippen LogP contribution < -0.4 is 18.6 Å². The summed E-state index contributed by atoms with van der Waals surface area (Å²) in [5, 5.41) is 0. The van der Waals surface area contributed by atoms with E-state index in [1.54, 1.807) is 0 Å². The van der Waals surface area contributed by atoms with Gasteiger partial charge in [-0.1, -0.05) is 12.2 Å². The zero-order chi connectivity index (χ0) is 10.5. The van der Waals surface area contributed by atoms with Crippen molar-refractivity contribution in [3.8, 4) is 0 Å². The number of nitrogens with zero attached hydrogens (tertiary/aromatic N) is 1. The zero-order valence-corrected chi connectivity index (χ0v) is 10.2. The molecule has 1 rings (SSSR count). The van der Waals surface area contributed by atoms with Crippen molar-refractivity contribution in [1.82, 2.24) is 0 Å². The van der Waals surface area contributed by atoms with Gasteiger partial charge in [0, 0.05) is 33.3 Å². The molecule has 0 aromatic rings. The molecule has 1 radical (unpaired) electrons. The van der Waals surface area contributed by atoms with Crippen LogP contribution >= 0.6 is 12.2 Å². The number of halogens is 1. The Kier molecular flexibility index (Phi) is 9.15. The van der Waals surface area contributed by atoms with Crippen LogP contribution in [0.4, 0.5) is 0 Å². The van der Waals surface area contributed by atoms with Crippen LogP contribution in [-0.2, 0) is 22.4 Å². The van der Waals surface area contributed by atoms with E-state index >= 15 is 0 Å². The molecule has 0 aromatic heterocycles. The second kappa shape index (κ2) is 7.63. The normalized spacial score (nSPS) is 14.9. The molecule has 0 spiro atoms. The summed E-state index contributed by atoms with van der Waals surface area (Å²) in [5.74, 6) is 0. The average Bonchev–Trinajstić information content (AvgIpc) is 1.92. The van der Waals surface area contributed by atoms with Gasteiger partial charge in [0.25, 0.3) is 0 Å². The van der Waals surface area contributed by atoms with E-state index in [0.29, 0.717) is 0 Å². The number of allylic oxidation sites excluding steroid dienone is 1. The number of hydrogen-bond donors (Lipinski definition) is 0. The van der Waals surface area contributed by atoms with Crippen molar-refractivity contribution in [2.24, 2.45) is 0 Å². The maximum atomic E-state index is 8.49. The summed E-state index contributed by atoms with van der Waals surface area (Å²) in [7, 11) is -2.95.